The maximum absolute atomic E-state index is 15.0. The van der Waals surface area contributed by atoms with Gasteiger partial charge in [-0.1, -0.05) is 18.2 Å². The van der Waals surface area contributed by atoms with E-state index in [4.69, 9.17) is 14.6 Å². The highest BCUT2D eigenvalue weighted by atomic mass is 19.1. The van der Waals surface area contributed by atoms with Gasteiger partial charge >= 0.3 is 5.97 Å². The highest BCUT2D eigenvalue weighted by molar-refractivity contribution is 5.90. The van der Waals surface area contributed by atoms with Crippen LogP contribution in [0.15, 0.2) is 42.5 Å². The standard InChI is InChI=1S/C22H23F2NO5/c23-14-5-6-17(21(27)28)19(11-14)29-13-15(26)12-25-9-7-22(8-10-25)20(24)16-3-1-2-4-18(16)30-22/h1-6,11,15,20,26H,7-10,12-13H2,(H,27,28)/t15-,20-/m0/s1. The lowest BCUT2D eigenvalue weighted by Crippen LogP contribution is -2.50. The minimum absolute atomic E-state index is 0.128. The number of rotatable bonds is 6. The van der Waals surface area contributed by atoms with Gasteiger partial charge in [-0.3, -0.25) is 0 Å². The van der Waals surface area contributed by atoms with Gasteiger partial charge in [0.2, 0.25) is 0 Å². The van der Waals surface area contributed by atoms with Gasteiger partial charge in [0, 0.05) is 44.1 Å². The van der Waals surface area contributed by atoms with Crippen LogP contribution < -0.4 is 9.47 Å². The Balaban J connectivity index is 1.30. The number of alkyl halides is 1. The number of likely N-dealkylation sites (tertiary alicyclic amines) is 1. The van der Waals surface area contributed by atoms with Gasteiger partial charge < -0.3 is 24.6 Å². The first kappa shape index (κ1) is 20.6. The van der Waals surface area contributed by atoms with Crippen LogP contribution in [0.2, 0.25) is 0 Å². The molecule has 160 valence electrons. The fraction of sp³-hybridized carbons (Fsp3) is 0.409. The summed E-state index contributed by atoms with van der Waals surface area (Å²) in [6, 6.07) is 10.3. The molecule has 8 heteroatoms. The summed E-state index contributed by atoms with van der Waals surface area (Å²) in [5.74, 6) is -1.39. The van der Waals surface area contributed by atoms with Crippen LogP contribution in [0.1, 0.15) is 34.9 Å². The van der Waals surface area contributed by atoms with Gasteiger partial charge in [0.25, 0.3) is 0 Å². The summed E-state index contributed by atoms with van der Waals surface area (Å²) >= 11 is 0. The van der Waals surface area contributed by atoms with Crippen molar-refractivity contribution in [1.29, 1.82) is 0 Å². The minimum Gasteiger partial charge on any atom is -0.490 e. The number of carbonyl (C=O) groups is 1. The fourth-order valence-electron chi connectivity index (χ4n) is 4.14. The van der Waals surface area contributed by atoms with E-state index in [-0.39, 0.29) is 24.5 Å². The number of ether oxygens (including phenoxy) is 2. The molecule has 2 N–H and O–H groups in total. The Kier molecular flexibility index (Phi) is 5.62. The van der Waals surface area contributed by atoms with Crippen molar-refractivity contribution >= 4 is 5.97 Å². The van der Waals surface area contributed by atoms with Gasteiger partial charge in [0.05, 0.1) is 0 Å². The molecule has 2 aromatic carbocycles. The number of carboxylic acid groups (broad SMARTS) is 1. The Morgan fingerprint density at radius 2 is 2.00 bits per heavy atom. The molecule has 2 atom stereocenters. The third-order valence-electron chi connectivity index (χ3n) is 5.74. The van der Waals surface area contributed by atoms with Crippen LogP contribution in [0, 0.1) is 5.82 Å². The number of aliphatic hydroxyl groups is 1. The Morgan fingerprint density at radius 3 is 2.70 bits per heavy atom. The highest BCUT2D eigenvalue weighted by Crippen LogP contribution is 2.50. The molecule has 0 aliphatic carbocycles. The third kappa shape index (κ3) is 3.97. The maximum Gasteiger partial charge on any atom is 0.339 e. The smallest absolute Gasteiger partial charge is 0.339 e. The van der Waals surface area contributed by atoms with Crippen LogP contribution >= 0.6 is 0 Å². The summed E-state index contributed by atoms with van der Waals surface area (Å²) in [5.41, 5.74) is -0.446. The third-order valence-corrected chi connectivity index (χ3v) is 5.74. The molecule has 2 aliphatic heterocycles. The molecule has 1 spiro atoms. The van der Waals surface area contributed by atoms with E-state index in [0.717, 1.165) is 18.2 Å². The van der Waals surface area contributed by atoms with Crippen LogP contribution in [0.3, 0.4) is 0 Å². The second-order valence-electron chi connectivity index (χ2n) is 7.78. The number of benzene rings is 2. The Morgan fingerprint density at radius 1 is 1.27 bits per heavy atom. The van der Waals surface area contributed by atoms with E-state index in [1.807, 2.05) is 11.0 Å². The first-order valence-corrected chi connectivity index (χ1v) is 9.86. The maximum atomic E-state index is 15.0. The molecule has 0 aromatic heterocycles. The monoisotopic (exact) mass is 419 g/mol. The molecule has 0 bridgehead atoms. The van der Waals surface area contributed by atoms with E-state index >= 15 is 0 Å². The lowest BCUT2D eigenvalue weighted by Gasteiger charge is -2.40. The van der Waals surface area contributed by atoms with Crippen molar-refractivity contribution in [2.45, 2.75) is 30.7 Å². The Bertz CT molecular complexity index is 929. The quantitative estimate of drug-likeness (QED) is 0.749. The lowest BCUT2D eigenvalue weighted by atomic mass is 9.85. The molecule has 4 rings (SSSR count). The number of aliphatic hydroxyl groups excluding tert-OH is 1. The first-order chi connectivity index (χ1) is 14.4. The molecule has 0 unspecified atom stereocenters. The van der Waals surface area contributed by atoms with Crippen LogP contribution in [0.4, 0.5) is 8.78 Å². The number of β-amino-alcohol motifs (C(OH)–C–C–N with tert-alkyl or cyclic N) is 1. The fourth-order valence-corrected chi connectivity index (χ4v) is 4.14. The second kappa shape index (κ2) is 8.20. The topological polar surface area (TPSA) is 79.2 Å². The molecular formula is C22H23F2NO5. The van der Waals surface area contributed by atoms with Crippen LogP contribution in [0.25, 0.3) is 0 Å². The van der Waals surface area contributed by atoms with E-state index in [0.29, 0.717) is 37.2 Å². The normalized spacial score (nSPS) is 21.1. The molecule has 0 amide bonds. The van der Waals surface area contributed by atoms with Gasteiger partial charge in [-0.15, -0.1) is 0 Å². The summed E-state index contributed by atoms with van der Waals surface area (Å²) in [4.78, 5) is 13.2. The average molecular weight is 419 g/mol. The van der Waals surface area contributed by atoms with Crippen molar-refractivity contribution in [3.63, 3.8) is 0 Å². The van der Waals surface area contributed by atoms with Gasteiger partial charge in [-0.05, 0) is 18.2 Å². The van der Waals surface area contributed by atoms with Crippen LogP contribution in [-0.4, -0.2) is 59.0 Å². The van der Waals surface area contributed by atoms with Crippen molar-refractivity contribution in [3.8, 4) is 11.5 Å². The number of hydrogen-bond acceptors (Lipinski definition) is 5. The van der Waals surface area contributed by atoms with Crippen LogP contribution in [0.5, 0.6) is 11.5 Å². The molecule has 2 aliphatic rings. The Hall–Kier alpha value is -2.71. The molecule has 1 fully saturated rings. The summed E-state index contributed by atoms with van der Waals surface area (Å²) in [5, 5.41) is 19.5. The van der Waals surface area contributed by atoms with E-state index in [2.05, 4.69) is 0 Å². The summed E-state index contributed by atoms with van der Waals surface area (Å²) < 4.78 is 39.7. The van der Waals surface area contributed by atoms with E-state index in [1.165, 1.54) is 0 Å². The molecule has 2 heterocycles. The zero-order valence-corrected chi connectivity index (χ0v) is 16.3. The number of carboxylic acids is 1. The van der Waals surface area contributed by atoms with Gasteiger partial charge in [-0.25, -0.2) is 13.6 Å². The molecule has 6 nitrogen and oxygen atoms in total. The number of aromatic carboxylic acids is 1. The summed E-state index contributed by atoms with van der Waals surface area (Å²) in [6.45, 7) is 1.19. The molecule has 30 heavy (non-hydrogen) atoms. The van der Waals surface area contributed by atoms with E-state index in [9.17, 15) is 18.7 Å². The zero-order chi connectivity index (χ0) is 21.3. The average Bonchev–Trinajstić information content (AvgIpc) is 3.00. The zero-order valence-electron chi connectivity index (χ0n) is 16.3. The van der Waals surface area contributed by atoms with Gasteiger partial charge in [-0.2, -0.15) is 0 Å². The lowest BCUT2D eigenvalue weighted by molar-refractivity contribution is -0.0448. The molecule has 2 aromatic rings. The SMILES string of the molecule is O=C(O)c1ccc(F)cc1OC[C@@H](O)CN1CCC2(CC1)Oc1ccccc1[C@@H]2F. The largest absolute Gasteiger partial charge is 0.490 e. The number of fused-ring (bicyclic) bond motifs is 1. The van der Waals surface area contributed by atoms with E-state index in [1.54, 1.807) is 18.2 Å². The van der Waals surface area contributed by atoms with Crippen molar-refractivity contribution in [2.24, 2.45) is 0 Å². The number of piperidine rings is 1. The molecular weight excluding hydrogens is 396 g/mol. The molecule has 0 saturated carbocycles. The first-order valence-electron chi connectivity index (χ1n) is 9.86. The predicted octanol–water partition coefficient (Wildman–Crippen LogP) is 3.20. The molecule has 0 radical (unpaired) electrons. The number of hydrogen-bond donors (Lipinski definition) is 2. The van der Waals surface area contributed by atoms with Crippen molar-refractivity contribution in [2.75, 3.05) is 26.2 Å². The minimum atomic E-state index is -1.24. The molecule has 1 saturated heterocycles. The van der Waals surface area contributed by atoms with Crippen molar-refractivity contribution in [3.05, 3.63) is 59.4 Å². The Labute approximate surface area is 172 Å². The number of nitrogens with zero attached hydrogens (tertiary/aromatic N) is 1. The summed E-state index contributed by atoms with van der Waals surface area (Å²) in [6.07, 6.45) is -1.11. The van der Waals surface area contributed by atoms with Gasteiger partial charge in [0.1, 0.15) is 41.2 Å². The predicted molar refractivity (Wildman–Crippen MR) is 104 cm³/mol. The second-order valence-corrected chi connectivity index (χ2v) is 7.78. The van der Waals surface area contributed by atoms with Crippen molar-refractivity contribution in [1.82, 2.24) is 4.90 Å². The van der Waals surface area contributed by atoms with E-state index < -0.39 is 29.7 Å². The number of halogens is 2. The number of para-hydroxylation sites is 1. The van der Waals surface area contributed by atoms with Crippen LogP contribution in [-0.2, 0) is 0 Å². The summed E-state index contributed by atoms with van der Waals surface area (Å²) in [7, 11) is 0. The van der Waals surface area contributed by atoms with Gasteiger partial charge in [0.15, 0.2) is 6.17 Å². The highest BCUT2D eigenvalue weighted by Gasteiger charge is 2.50. The van der Waals surface area contributed by atoms with Crippen molar-refractivity contribution < 1.29 is 33.3 Å².